The van der Waals surface area contributed by atoms with E-state index in [-0.39, 0.29) is 5.91 Å². The van der Waals surface area contributed by atoms with Crippen LogP contribution in [0.25, 0.3) is 5.69 Å². The van der Waals surface area contributed by atoms with Crippen molar-refractivity contribution in [3.63, 3.8) is 0 Å². The minimum Gasteiger partial charge on any atom is -0.492 e. The van der Waals surface area contributed by atoms with Crippen LogP contribution in [-0.2, 0) is 0 Å². The number of carbonyl (C=O) groups excluding carboxylic acids is 1. The normalized spacial score (nSPS) is 10.4. The maximum atomic E-state index is 13.3. The molecule has 122 valence electrons. The standard InChI is InChI=1S/C18H16FN3O2/c1-2-24-17-12-14(19)7-8-16(17)21-18(23)13-5-3-6-15(11-13)22-10-4-9-20-22/h3-12H,2H2,1H3,(H,21,23). The Bertz CT molecular complexity index is 847. The van der Waals surface area contributed by atoms with Gasteiger partial charge in [-0.3, -0.25) is 4.79 Å². The van der Waals surface area contributed by atoms with Gasteiger partial charge in [-0.25, -0.2) is 9.07 Å². The first kappa shape index (κ1) is 15.7. The lowest BCUT2D eigenvalue weighted by atomic mass is 10.1. The average Bonchev–Trinajstić information content (AvgIpc) is 3.12. The van der Waals surface area contributed by atoms with Crippen molar-refractivity contribution in [2.24, 2.45) is 0 Å². The quantitative estimate of drug-likeness (QED) is 0.779. The molecule has 1 aromatic heterocycles. The molecular weight excluding hydrogens is 309 g/mol. The lowest BCUT2D eigenvalue weighted by Crippen LogP contribution is -2.13. The Kier molecular flexibility index (Phi) is 4.56. The number of anilines is 1. The second kappa shape index (κ2) is 6.95. The van der Waals surface area contributed by atoms with Crippen molar-refractivity contribution in [3.05, 3.63) is 72.3 Å². The SMILES string of the molecule is CCOc1cc(F)ccc1NC(=O)c1cccc(-n2cccn2)c1. The molecule has 0 radical (unpaired) electrons. The number of benzene rings is 2. The van der Waals surface area contributed by atoms with Crippen LogP contribution in [0.15, 0.2) is 60.9 Å². The summed E-state index contributed by atoms with van der Waals surface area (Å²) in [6.07, 6.45) is 3.46. The van der Waals surface area contributed by atoms with Gasteiger partial charge in [-0.1, -0.05) is 6.07 Å². The summed E-state index contributed by atoms with van der Waals surface area (Å²) in [7, 11) is 0. The number of hydrogen-bond acceptors (Lipinski definition) is 3. The third-order valence-corrected chi connectivity index (χ3v) is 3.37. The largest absolute Gasteiger partial charge is 0.492 e. The summed E-state index contributed by atoms with van der Waals surface area (Å²) in [6.45, 7) is 2.17. The van der Waals surface area contributed by atoms with Gasteiger partial charge in [-0.05, 0) is 43.3 Å². The predicted octanol–water partition coefficient (Wildman–Crippen LogP) is 3.66. The smallest absolute Gasteiger partial charge is 0.255 e. The first-order chi connectivity index (χ1) is 11.7. The van der Waals surface area contributed by atoms with Crippen LogP contribution in [0.4, 0.5) is 10.1 Å². The molecule has 0 saturated carbocycles. The molecule has 0 aliphatic carbocycles. The highest BCUT2D eigenvalue weighted by Crippen LogP contribution is 2.26. The summed E-state index contributed by atoms with van der Waals surface area (Å²) in [5.74, 6) is -0.428. The van der Waals surface area contributed by atoms with E-state index in [9.17, 15) is 9.18 Å². The number of amides is 1. The number of nitrogens with zero attached hydrogens (tertiary/aromatic N) is 2. The summed E-state index contributed by atoms with van der Waals surface area (Å²) < 4.78 is 20.4. The predicted molar refractivity (Wildman–Crippen MR) is 89.1 cm³/mol. The average molecular weight is 325 g/mol. The number of hydrogen-bond donors (Lipinski definition) is 1. The minimum atomic E-state index is -0.419. The van der Waals surface area contributed by atoms with E-state index in [0.717, 1.165) is 5.69 Å². The van der Waals surface area contributed by atoms with E-state index in [4.69, 9.17) is 4.74 Å². The zero-order chi connectivity index (χ0) is 16.9. The van der Waals surface area contributed by atoms with Gasteiger partial charge in [0.25, 0.3) is 5.91 Å². The molecule has 0 atom stereocenters. The number of nitrogens with one attached hydrogen (secondary N) is 1. The summed E-state index contributed by atoms with van der Waals surface area (Å²) >= 11 is 0. The van der Waals surface area contributed by atoms with E-state index >= 15 is 0 Å². The van der Waals surface area contributed by atoms with Crippen LogP contribution < -0.4 is 10.1 Å². The van der Waals surface area contributed by atoms with E-state index in [2.05, 4.69) is 10.4 Å². The number of halogens is 1. The van der Waals surface area contributed by atoms with Gasteiger partial charge in [0.1, 0.15) is 11.6 Å². The summed E-state index contributed by atoms with van der Waals surface area (Å²) in [5.41, 5.74) is 1.67. The maximum Gasteiger partial charge on any atom is 0.255 e. The van der Waals surface area contributed by atoms with Crippen LogP contribution in [-0.4, -0.2) is 22.3 Å². The third-order valence-electron chi connectivity index (χ3n) is 3.37. The number of carbonyl (C=O) groups is 1. The van der Waals surface area contributed by atoms with Crippen molar-refractivity contribution in [2.75, 3.05) is 11.9 Å². The van der Waals surface area contributed by atoms with Crippen molar-refractivity contribution in [1.82, 2.24) is 9.78 Å². The monoisotopic (exact) mass is 325 g/mol. The number of aromatic nitrogens is 2. The first-order valence-electron chi connectivity index (χ1n) is 7.51. The van der Waals surface area contributed by atoms with Gasteiger partial charge in [0.2, 0.25) is 0 Å². The molecule has 0 saturated heterocycles. The van der Waals surface area contributed by atoms with Gasteiger partial charge in [-0.15, -0.1) is 0 Å². The Morgan fingerprint density at radius 2 is 2.12 bits per heavy atom. The summed E-state index contributed by atoms with van der Waals surface area (Å²) in [6, 6.07) is 12.9. The lowest BCUT2D eigenvalue weighted by molar-refractivity contribution is 0.102. The Labute approximate surface area is 138 Å². The molecule has 24 heavy (non-hydrogen) atoms. The topological polar surface area (TPSA) is 56.1 Å². The molecule has 1 amide bonds. The van der Waals surface area contributed by atoms with E-state index in [1.54, 1.807) is 48.3 Å². The van der Waals surface area contributed by atoms with Gasteiger partial charge in [0, 0.05) is 24.0 Å². The molecule has 2 aromatic carbocycles. The molecule has 0 spiro atoms. The zero-order valence-electron chi connectivity index (χ0n) is 13.1. The van der Waals surface area contributed by atoms with Crippen LogP contribution in [0.5, 0.6) is 5.75 Å². The highest BCUT2D eigenvalue weighted by molar-refractivity contribution is 6.05. The van der Waals surface area contributed by atoms with E-state index < -0.39 is 5.82 Å². The molecule has 1 N–H and O–H groups in total. The van der Waals surface area contributed by atoms with Crippen molar-refractivity contribution in [1.29, 1.82) is 0 Å². The van der Waals surface area contributed by atoms with Crippen LogP contribution in [0.2, 0.25) is 0 Å². The molecule has 5 nitrogen and oxygen atoms in total. The van der Waals surface area contributed by atoms with Gasteiger partial charge in [-0.2, -0.15) is 5.10 Å². The summed E-state index contributed by atoms with van der Waals surface area (Å²) in [4.78, 5) is 12.5. The van der Waals surface area contributed by atoms with Crippen molar-refractivity contribution in [2.45, 2.75) is 6.92 Å². The molecule has 0 bridgehead atoms. The second-order valence-electron chi connectivity index (χ2n) is 5.03. The van der Waals surface area contributed by atoms with Crippen molar-refractivity contribution in [3.8, 4) is 11.4 Å². The first-order valence-corrected chi connectivity index (χ1v) is 7.51. The highest BCUT2D eigenvalue weighted by Gasteiger charge is 2.12. The molecule has 0 fully saturated rings. The van der Waals surface area contributed by atoms with Crippen molar-refractivity contribution < 1.29 is 13.9 Å². The molecule has 1 heterocycles. The molecule has 0 aliphatic heterocycles. The van der Waals surface area contributed by atoms with E-state index in [1.165, 1.54) is 18.2 Å². The number of rotatable bonds is 5. The van der Waals surface area contributed by atoms with Gasteiger partial charge in [0.05, 0.1) is 18.0 Å². The fourth-order valence-corrected chi connectivity index (χ4v) is 2.28. The summed E-state index contributed by atoms with van der Waals surface area (Å²) in [5, 5.41) is 6.89. The maximum absolute atomic E-state index is 13.3. The minimum absolute atomic E-state index is 0.300. The van der Waals surface area contributed by atoms with Crippen LogP contribution in [0, 0.1) is 5.82 Å². The third kappa shape index (κ3) is 3.43. The van der Waals surface area contributed by atoms with Crippen molar-refractivity contribution >= 4 is 11.6 Å². The second-order valence-corrected chi connectivity index (χ2v) is 5.03. The van der Waals surface area contributed by atoms with E-state index in [0.29, 0.717) is 23.6 Å². The Morgan fingerprint density at radius 3 is 2.88 bits per heavy atom. The van der Waals surface area contributed by atoms with E-state index in [1.807, 2.05) is 6.07 Å². The molecule has 3 aromatic rings. The van der Waals surface area contributed by atoms with Gasteiger partial charge < -0.3 is 10.1 Å². The fraction of sp³-hybridized carbons (Fsp3) is 0.111. The van der Waals surface area contributed by atoms with Crippen LogP contribution in [0.3, 0.4) is 0 Å². The highest BCUT2D eigenvalue weighted by atomic mass is 19.1. The molecular formula is C18H16FN3O2. The Hall–Kier alpha value is -3.15. The molecule has 6 heteroatoms. The molecule has 0 aliphatic rings. The number of ether oxygens (including phenoxy) is 1. The zero-order valence-corrected chi connectivity index (χ0v) is 13.1. The van der Waals surface area contributed by atoms with Crippen LogP contribution >= 0.6 is 0 Å². The Morgan fingerprint density at radius 1 is 1.25 bits per heavy atom. The lowest BCUT2D eigenvalue weighted by Gasteiger charge is -2.12. The van der Waals surface area contributed by atoms with Gasteiger partial charge in [0.15, 0.2) is 0 Å². The Balaban J connectivity index is 1.84. The van der Waals surface area contributed by atoms with Gasteiger partial charge >= 0.3 is 0 Å². The molecule has 0 unspecified atom stereocenters. The fourth-order valence-electron chi connectivity index (χ4n) is 2.28. The molecule has 3 rings (SSSR count). The van der Waals surface area contributed by atoms with Crippen LogP contribution in [0.1, 0.15) is 17.3 Å².